The van der Waals surface area contributed by atoms with E-state index in [9.17, 15) is 0 Å². The van der Waals surface area contributed by atoms with Crippen LogP contribution in [0, 0.1) is 13.8 Å². The molecule has 0 bridgehead atoms. The molecule has 102 valence electrons. The molecule has 4 nitrogen and oxygen atoms in total. The Morgan fingerprint density at radius 3 is 2.63 bits per heavy atom. The molecule has 0 radical (unpaired) electrons. The van der Waals surface area contributed by atoms with E-state index in [1.807, 2.05) is 18.8 Å². The van der Waals surface area contributed by atoms with Gasteiger partial charge in [0.05, 0.1) is 12.8 Å². The number of aromatic nitrogens is 2. The quantitative estimate of drug-likeness (QED) is 0.916. The van der Waals surface area contributed by atoms with Gasteiger partial charge in [-0.05, 0) is 44.2 Å². The maximum atomic E-state index is 5.36. The van der Waals surface area contributed by atoms with Crippen LogP contribution in [0.4, 0.5) is 0 Å². The summed E-state index contributed by atoms with van der Waals surface area (Å²) in [4.78, 5) is 0. The first-order chi connectivity index (χ1) is 9.06. The zero-order valence-electron chi connectivity index (χ0n) is 12.2. The molecule has 0 fully saturated rings. The topological polar surface area (TPSA) is 39.1 Å². The highest BCUT2D eigenvalue weighted by Gasteiger charge is 2.13. The van der Waals surface area contributed by atoms with Crippen molar-refractivity contribution in [1.29, 1.82) is 0 Å². The predicted molar refractivity (Wildman–Crippen MR) is 77.4 cm³/mol. The Morgan fingerprint density at radius 1 is 1.26 bits per heavy atom. The zero-order chi connectivity index (χ0) is 14.0. The molecule has 0 unspecified atom stereocenters. The molecule has 1 N–H and O–H groups in total. The summed E-state index contributed by atoms with van der Waals surface area (Å²) in [5, 5.41) is 7.78. The van der Waals surface area contributed by atoms with Gasteiger partial charge in [-0.3, -0.25) is 4.68 Å². The smallest absolute Gasteiger partial charge is 0.122 e. The van der Waals surface area contributed by atoms with E-state index in [1.54, 1.807) is 7.11 Å². The van der Waals surface area contributed by atoms with Gasteiger partial charge in [0.1, 0.15) is 5.75 Å². The fourth-order valence-electron chi connectivity index (χ4n) is 2.35. The van der Waals surface area contributed by atoms with Gasteiger partial charge in [0, 0.05) is 30.9 Å². The van der Waals surface area contributed by atoms with Crippen molar-refractivity contribution in [1.82, 2.24) is 15.1 Å². The summed E-state index contributed by atoms with van der Waals surface area (Å²) < 4.78 is 7.22. The molecule has 0 saturated heterocycles. The number of hydrogen-bond acceptors (Lipinski definition) is 3. The molecule has 2 rings (SSSR count). The average molecular weight is 259 g/mol. The summed E-state index contributed by atoms with van der Waals surface area (Å²) in [5.74, 6) is 0.923. The van der Waals surface area contributed by atoms with Crippen LogP contribution in [-0.4, -0.2) is 23.9 Å². The van der Waals surface area contributed by atoms with E-state index in [4.69, 9.17) is 4.74 Å². The van der Waals surface area contributed by atoms with Gasteiger partial charge in [-0.1, -0.05) is 0 Å². The zero-order valence-corrected chi connectivity index (χ0v) is 12.2. The lowest BCUT2D eigenvalue weighted by Gasteiger charge is -2.11. The third kappa shape index (κ3) is 2.63. The molecule has 0 aliphatic heterocycles. The number of nitrogens with zero attached hydrogens (tertiary/aromatic N) is 2. The summed E-state index contributed by atoms with van der Waals surface area (Å²) in [7, 11) is 5.60. The highest BCUT2D eigenvalue weighted by molar-refractivity contribution is 5.69. The second kappa shape index (κ2) is 5.45. The fourth-order valence-corrected chi connectivity index (χ4v) is 2.35. The Balaban J connectivity index is 2.55. The predicted octanol–water partition coefficient (Wildman–Crippen LogP) is 2.43. The van der Waals surface area contributed by atoms with Crippen LogP contribution in [0.5, 0.6) is 5.75 Å². The maximum absolute atomic E-state index is 5.36. The van der Waals surface area contributed by atoms with E-state index in [2.05, 4.69) is 42.6 Å². The summed E-state index contributed by atoms with van der Waals surface area (Å²) in [5.41, 5.74) is 5.73. The first-order valence-corrected chi connectivity index (χ1v) is 6.39. The monoisotopic (exact) mass is 259 g/mol. The molecule has 1 heterocycles. The van der Waals surface area contributed by atoms with E-state index in [0.29, 0.717) is 0 Å². The molecule has 0 spiro atoms. The number of ether oxygens (including phenoxy) is 1. The molecule has 2 aromatic rings. The van der Waals surface area contributed by atoms with Crippen LogP contribution >= 0.6 is 0 Å². The number of methoxy groups -OCH3 is 1. The van der Waals surface area contributed by atoms with Crippen molar-refractivity contribution in [3.63, 3.8) is 0 Å². The van der Waals surface area contributed by atoms with Crippen molar-refractivity contribution < 1.29 is 4.74 Å². The van der Waals surface area contributed by atoms with Crippen molar-refractivity contribution in [3.05, 3.63) is 35.0 Å². The highest BCUT2D eigenvalue weighted by atomic mass is 16.5. The minimum Gasteiger partial charge on any atom is -0.496 e. The van der Waals surface area contributed by atoms with Crippen LogP contribution in [-0.2, 0) is 13.6 Å². The highest BCUT2D eigenvalue weighted by Crippen LogP contribution is 2.31. The van der Waals surface area contributed by atoms with Crippen LogP contribution in [0.15, 0.2) is 18.3 Å². The van der Waals surface area contributed by atoms with E-state index in [1.165, 1.54) is 16.7 Å². The molecule has 0 amide bonds. The molecule has 0 aliphatic rings. The maximum Gasteiger partial charge on any atom is 0.122 e. The lowest BCUT2D eigenvalue weighted by molar-refractivity contribution is 0.411. The molecule has 1 aromatic heterocycles. The standard InChI is InChI=1S/C15H21N3O/c1-10-7-14(19-5)11(2)6-13(10)15-12(8-16-3)9-18(4)17-15/h6-7,9,16H,8H2,1-5H3. The van der Waals surface area contributed by atoms with Gasteiger partial charge < -0.3 is 10.1 Å². The third-order valence-corrected chi connectivity index (χ3v) is 3.27. The van der Waals surface area contributed by atoms with Crippen molar-refractivity contribution in [2.75, 3.05) is 14.2 Å². The largest absolute Gasteiger partial charge is 0.496 e. The van der Waals surface area contributed by atoms with Gasteiger partial charge in [0.15, 0.2) is 0 Å². The minimum atomic E-state index is 0.813. The Morgan fingerprint density at radius 2 is 2.00 bits per heavy atom. The average Bonchev–Trinajstić information content (AvgIpc) is 2.73. The number of aryl methyl sites for hydroxylation is 3. The Kier molecular flexibility index (Phi) is 3.90. The van der Waals surface area contributed by atoms with E-state index >= 15 is 0 Å². The normalized spacial score (nSPS) is 10.8. The molecule has 0 atom stereocenters. The van der Waals surface area contributed by atoms with Gasteiger partial charge in [-0.2, -0.15) is 5.10 Å². The summed E-state index contributed by atoms with van der Waals surface area (Å²) in [6.45, 7) is 4.96. The Labute approximate surface area is 114 Å². The Hall–Kier alpha value is -1.81. The van der Waals surface area contributed by atoms with Crippen molar-refractivity contribution in [3.8, 4) is 17.0 Å². The molecule has 4 heteroatoms. The lowest BCUT2D eigenvalue weighted by atomic mass is 9.99. The third-order valence-electron chi connectivity index (χ3n) is 3.27. The van der Waals surface area contributed by atoms with Gasteiger partial charge >= 0.3 is 0 Å². The molecular weight excluding hydrogens is 238 g/mol. The van der Waals surface area contributed by atoms with Gasteiger partial charge in [0.25, 0.3) is 0 Å². The summed E-state index contributed by atoms with van der Waals surface area (Å²) in [6, 6.07) is 4.22. The van der Waals surface area contributed by atoms with Gasteiger partial charge in [-0.15, -0.1) is 0 Å². The molecule has 0 saturated carbocycles. The van der Waals surface area contributed by atoms with Crippen molar-refractivity contribution in [2.24, 2.45) is 7.05 Å². The Bertz CT molecular complexity index is 587. The van der Waals surface area contributed by atoms with Crippen molar-refractivity contribution in [2.45, 2.75) is 20.4 Å². The number of hydrogen-bond donors (Lipinski definition) is 1. The van der Waals surface area contributed by atoms with E-state index in [-0.39, 0.29) is 0 Å². The molecule has 19 heavy (non-hydrogen) atoms. The molecule has 1 aromatic carbocycles. The first-order valence-electron chi connectivity index (χ1n) is 6.39. The lowest BCUT2D eigenvalue weighted by Crippen LogP contribution is -2.05. The van der Waals surface area contributed by atoms with Gasteiger partial charge in [0.2, 0.25) is 0 Å². The number of nitrogens with one attached hydrogen (secondary N) is 1. The number of benzene rings is 1. The molecular formula is C15H21N3O. The van der Waals surface area contributed by atoms with E-state index < -0.39 is 0 Å². The SMILES string of the molecule is CNCc1cn(C)nc1-c1cc(C)c(OC)cc1C. The van der Waals surface area contributed by atoms with Crippen LogP contribution in [0.3, 0.4) is 0 Å². The second-order valence-corrected chi connectivity index (χ2v) is 4.84. The minimum absolute atomic E-state index is 0.813. The first kappa shape index (κ1) is 13.6. The van der Waals surface area contributed by atoms with E-state index in [0.717, 1.165) is 23.6 Å². The van der Waals surface area contributed by atoms with Gasteiger partial charge in [-0.25, -0.2) is 0 Å². The summed E-state index contributed by atoms with van der Waals surface area (Å²) in [6.07, 6.45) is 2.06. The number of rotatable bonds is 4. The summed E-state index contributed by atoms with van der Waals surface area (Å²) >= 11 is 0. The van der Waals surface area contributed by atoms with Crippen molar-refractivity contribution >= 4 is 0 Å². The van der Waals surface area contributed by atoms with Crippen LogP contribution < -0.4 is 10.1 Å². The fraction of sp³-hybridized carbons (Fsp3) is 0.400. The van der Waals surface area contributed by atoms with Crippen LogP contribution in [0.25, 0.3) is 11.3 Å². The van der Waals surface area contributed by atoms with Crippen LogP contribution in [0.2, 0.25) is 0 Å². The molecule has 0 aliphatic carbocycles. The van der Waals surface area contributed by atoms with Crippen LogP contribution in [0.1, 0.15) is 16.7 Å². The second-order valence-electron chi connectivity index (χ2n) is 4.84.